The van der Waals surface area contributed by atoms with Gasteiger partial charge in [-0.2, -0.15) is 0 Å². The fraction of sp³-hybridized carbons (Fsp3) is 0.417. The highest BCUT2D eigenvalue weighted by Gasteiger charge is 2.38. The fourth-order valence-corrected chi connectivity index (χ4v) is 2.75. The number of amides is 1. The van der Waals surface area contributed by atoms with Crippen LogP contribution < -0.4 is 4.90 Å². The second kappa shape index (κ2) is 2.59. The molecule has 0 saturated carbocycles. The molecule has 1 unspecified atom stereocenters. The molecule has 1 aromatic rings. The van der Waals surface area contributed by atoms with E-state index in [0.717, 1.165) is 24.9 Å². The van der Waals surface area contributed by atoms with E-state index in [2.05, 4.69) is 18.2 Å². The largest absolute Gasteiger partial charge is 0.315 e. The molecule has 2 aliphatic rings. The summed E-state index contributed by atoms with van der Waals surface area (Å²) in [5.41, 5.74) is 3.83. The van der Waals surface area contributed by atoms with E-state index >= 15 is 0 Å². The number of carbonyl (C=O) groups is 1. The number of anilines is 1. The van der Waals surface area contributed by atoms with Crippen LogP contribution in [0.5, 0.6) is 0 Å². The Morgan fingerprint density at radius 2 is 2.29 bits per heavy atom. The third-order valence-electron chi connectivity index (χ3n) is 3.45. The molecule has 0 spiro atoms. The van der Waals surface area contributed by atoms with Crippen molar-refractivity contribution in [2.75, 3.05) is 11.9 Å². The first kappa shape index (κ1) is 8.04. The Morgan fingerprint density at radius 3 is 3.14 bits per heavy atom. The Hall–Kier alpha value is -1.31. The van der Waals surface area contributed by atoms with E-state index in [1.165, 1.54) is 11.1 Å². The summed E-state index contributed by atoms with van der Waals surface area (Å²) >= 11 is 0. The molecular weight excluding hydrogens is 174 g/mol. The maximum absolute atomic E-state index is 11.9. The normalized spacial score (nSPS) is 23.9. The molecule has 0 N–H and O–H groups in total. The van der Waals surface area contributed by atoms with Crippen LogP contribution in [-0.4, -0.2) is 13.0 Å². The molecule has 1 aliphatic heterocycles. The van der Waals surface area contributed by atoms with Crippen LogP contribution in [0.1, 0.15) is 29.9 Å². The average molecular weight is 187 g/mol. The molecule has 3 rings (SSSR count). The number of aryl methyl sites for hydroxylation is 1. The predicted molar refractivity (Wildman–Crippen MR) is 55.5 cm³/mol. The first-order chi connectivity index (χ1) is 6.79. The van der Waals surface area contributed by atoms with Gasteiger partial charge in [0, 0.05) is 12.7 Å². The quantitative estimate of drug-likeness (QED) is 0.609. The SMILES string of the molecule is CN1C(=O)C2CCCc3cccc1c32. The van der Waals surface area contributed by atoms with Crippen molar-refractivity contribution in [3.63, 3.8) is 0 Å². The van der Waals surface area contributed by atoms with Crippen LogP contribution in [0.4, 0.5) is 5.69 Å². The lowest BCUT2D eigenvalue weighted by molar-refractivity contribution is -0.119. The number of benzene rings is 1. The first-order valence-corrected chi connectivity index (χ1v) is 5.18. The summed E-state index contributed by atoms with van der Waals surface area (Å²) in [5.74, 6) is 0.451. The average Bonchev–Trinajstić information content (AvgIpc) is 2.47. The van der Waals surface area contributed by atoms with E-state index < -0.39 is 0 Å². The van der Waals surface area contributed by atoms with Gasteiger partial charge in [0.2, 0.25) is 5.91 Å². The Labute approximate surface area is 83.5 Å². The Bertz CT molecular complexity index is 411. The molecule has 1 amide bonds. The molecule has 0 bridgehead atoms. The van der Waals surface area contributed by atoms with Crippen molar-refractivity contribution in [2.45, 2.75) is 25.2 Å². The summed E-state index contributed by atoms with van der Waals surface area (Å²) in [7, 11) is 1.89. The molecule has 2 heteroatoms. The number of nitrogens with zero attached hydrogens (tertiary/aromatic N) is 1. The topological polar surface area (TPSA) is 20.3 Å². The standard InChI is InChI=1S/C12H13NO/c1-13-10-7-3-5-8-4-2-6-9(11(8)10)12(13)14/h3,5,7,9H,2,4,6H2,1H3. The molecule has 1 aromatic carbocycles. The van der Waals surface area contributed by atoms with Crippen molar-refractivity contribution in [1.29, 1.82) is 0 Å². The zero-order valence-electron chi connectivity index (χ0n) is 8.29. The highest BCUT2D eigenvalue weighted by Crippen LogP contribution is 2.44. The molecular formula is C12H13NO. The Balaban J connectivity index is 2.27. The van der Waals surface area contributed by atoms with Gasteiger partial charge in [-0.3, -0.25) is 4.79 Å². The molecule has 0 fully saturated rings. The van der Waals surface area contributed by atoms with Gasteiger partial charge < -0.3 is 4.90 Å². The highest BCUT2D eigenvalue weighted by molar-refractivity contribution is 6.05. The summed E-state index contributed by atoms with van der Waals surface area (Å²) in [6, 6.07) is 6.28. The molecule has 0 radical (unpaired) electrons. The van der Waals surface area contributed by atoms with Gasteiger partial charge in [0.1, 0.15) is 0 Å². The lowest BCUT2D eigenvalue weighted by Crippen LogP contribution is -2.24. The van der Waals surface area contributed by atoms with Gasteiger partial charge in [0.15, 0.2) is 0 Å². The second-order valence-electron chi connectivity index (χ2n) is 4.19. The number of hydrogen-bond donors (Lipinski definition) is 0. The van der Waals surface area contributed by atoms with Crippen LogP contribution in [0.3, 0.4) is 0 Å². The lowest BCUT2D eigenvalue weighted by Gasteiger charge is -2.18. The number of likely N-dealkylation sites (N-methyl/N-ethyl adjacent to an activating group) is 1. The summed E-state index contributed by atoms with van der Waals surface area (Å²) in [5, 5.41) is 0. The van der Waals surface area contributed by atoms with Crippen molar-refractivity contribution in [3.8, 4) is 0 Å². The minimum atomic E-state index is 0.167. The second-order valence-corrected chi connectivity index (χ2v) is 4.19. The maximum Gasteiger partial charge on any atom is 0.234 e. The van der Waals surface area contributed by atoms with Crippen LogP contribution >= 0.6 is 0 Å². The molecule has 0 aromatic heterocycles. The van der Waals surface area contributed by atoms with Gasteiger partial charge in [-0.05, 0) is 36.5 Å². The van der Waals surface area contributed by atoms with E-state index in [0.29, 0.717) is 0 Å². The first-order valence-electron chi connectivity index (χ1n) is 5.18. The van der Waals surface area contributed by atoms with Crippen LogP contribution in [0.2, 0.25) is 0 Å². The van der Waals surface area contributed by atoms with E-state index in [-0.39, 0.29) is 11.8 Å². The minimum absolute atomic E-state index is 0.167. The zero-order valence-corrected chi connectivity index (χ0v) is 8.29. The number of rotatable bonds is 0. The number of hydrogen-bond acceptors (Lipinski definition) is 1. The maximum atomic E-state index is 11.9. The van der Waals surface area contributed by atoms with Crippen molar-refractivity contribution in [2.24, 2.45) is 0 Å². The van der Waals surface area contributed by atoms with Gasteiger partial charge in [-0.1, -0.05) is 12.1 Å². The van der Waals surface area contributed by atoms with Crippen molar-refractivity contribution < 1.29 is 4.79 Å². The summed E-state index contributed by atoms with van der Waals surface area (Å²) < 4.78 is 0. The molecule has 1 atom stereocenters. The van der Waals surface area contributed by atoms with Crippen LogP contribution in [0, 0.1) is 0 Å². The van der Waals surface area contributed by atoms with Gasteiger partial charge in [-0.15, -0.1) is 0 Å². The Kier molecular flexibility index (Phi) is 1.49. The van der Waals surface area contributed by atoms with Gasteiger partial charge in [0.05, 0.1) is 5.92 Å². The van der Waals surface area contributed by atoms with E-state index in [4.69, 9.17) is 0 Å². The van der Waals surface area contributed by atoms with Crippen molar-refractivity contribution in [3.05, 3.63) is 29.3 Å². The molecule has 72 valence electrons. The van der Waals surface area contributed by atoms with Gasteiger partial charge in [0.25, 0.3) is 0 Å². The highest BCUT2D eigenvalue weighted by atomic mass is 16.2. The van der Waals surface area contributed by atoms with Gasteiger partial charge in [-0.25, -0.2) is 0 Å². The van der Waals surface area contributed by atoms with Crippen LogP contribution in [0.25, 0.3) is 0 Å². The molecule has 2 nitrogen and oxygen atoms in total. The van der Waals surface area contributed by atoms with Crippen molar-refractivity contribution >= 4 is 11.6 Å². The Morgan fingerprint density at radius 1 is 1.43 bits per heavy atom. The molecule has 1 heterocycles. The molecule has 1 aliphatic carbocycles. The summed E-state index contributed by atoms with van der Waals surface area (Å²) in [6.07, 6.45) is 3.33. The minimum Gasteiger partial charge on any atom is -0.315 e. The number of carbonyl (C=O) groups excluding carboxylic acids is 1. The smallest absolute Gasteiger partial charge is 0.234 e. The predicted octanol–water partition coefficient (Wildman–Crippen LogP) is 2.08. The van der Waals surface area contributed by atoms with Crippen molar-refractivity contribution in [1.82, 2.24) is 0 Å². The summed E-state index contributed by atoms with van der Waals surface area (Å²) in [6.45, 7) is 0. The third kappa shape index (κ3) is 0.834. The zero-order chi connectivity index (χ0) is 9.71. The molecule has 0 saturated heterocycles. The third-order valence-corrected chi connectivity index (χ3v) is 3.45. The van der Waals surface area contributed by atoms with E-state index in [1.807, 2.05) is 11.9 Å². The van der Waals surface area contributed by atoms with Crippen LogP contribution in [-0.2, 0) is 11.2 Å². The summed E-state index contributed by atoms with van der Waals surface area (Å²) in [4.78, 5) is 13.7. The van der Waals surface area contributed by atoms with E-state index in [9.17, 15) is 4.79 Å². The van der Waals surface area contributed by atoms with Crippen LogP contribution in [0.15, 0.2) is 18.2 Å². The molecule has 14 heavy (non-hydrogen) atoms. The fourth-order valence-electron chi connectivity index (χ4n) is 2.75. The van der Waals surface area contributed by atoms with Gasteiger partial charge >= 0.3 is 0 Å². The van der Waals surface area contributed by atoms with E-state index in [1.54, 1.807) is 0 Å². The lowest BCUT2D eigenvalue weighted by atomic mass is 9.84. The monoisotopic (exact) mass is 187 g/mol.